The number of nitrogens with two attached hydrogens (primary N) is 2. The van der Waals surface area contributed by atoms with E-state index in [0.717, 1.165) is 5.56 Å². The number of aromatic nitrogens is 3. The molecule has 0 radical (unpaired) electrons. The lowest BCUT2D eigenvalue weighted by molar-refractivity contribution is 0.388. The van der Waals surface area contributed by atoms with Crippen molar-refractivity contribution in [3.63, 3.8) is 0 Å². The highest BCUT2D eigenvalue weighted by Gasteiger charge is 2.21. The number of pyridine rings is 1. The summed E-state index contributed by atoms with van der Waals surface area (Å²) in [5, 5.41) is 0. The zero-order valence-electron chi connectivity index (χ0n) is 12.5. The Labute approximate surface area is 123 Å². The lowest BCUT2D eigenvalue weighted by atomic mass is 9.87. The molecule has 0 bridgehead atoms. The Morgan fingerprint density at radius 1 is 1.05 bits per heavy atom. The third-order valence-corrected chi connectivity index (χ3v) is 2.88. The van der Waals surface area contributed by atoms with E-state index in [0.29, 0.717) is 17.4 Å². The summed E-state index contributed by atoms with van der Waals surface area (Å²) in [4.78, 5) is 12.0. The van der Waals surface area contributed by atoms with Crippen LogP contribution < -0.4 is 20.9 Å². The van der Waals surface area contributed by atoms with Gasteiger partial charge in [0.25, 0.3) is 0 Å². The average molecular weight is 289 g/mol. The average Bonchev–Trinajstić information content (AvgIpc) is 2.40. The molecule has 21 heavy (non-hydrogen) atoms. The van der Waals surface area contributed by atoms with Crippen molar-refractivity contribution in [2.45, 2.75) is 26.2 Å². The molecule has 0 atom stereocenters. The summed E-state index contributed by atoms with van der Waals surface area (Å²) >= 11 is 0. The van der Waals surface area contributed by atoms with Gasteiger partial charge in [-0.3, -0.25) is 0 Å². The molecule has 2 rings (SSSR count). The summed E-state index contributed by atoms with van der Waals surface area (Å²) in [7, 11) is 1.55. The Bertz CT molecular complexity index is 652. The second-order valence-electron chi connectivity index (χ2n) is 5.55. The molecule has 0 saturated heterocycles. The summed E-state index contributed by atoms with van der Waals surface area (Å²) in [6.45, 7) is 6.19. The number of hydrogen-bond acceptors (Lipinski definition) is 7. The molecule has 7 heteroatoms. The van der Waals surface area contributed by atoms with Crippen molar-refractivity contribution in [2.24, 2.45) is 0 Å². The maximum Gasteiger partial charge on any atom is 0.222 e. The minimum absolute atomic E-state index is 0.100. The fourth-order valence-electron chi connectivity index (χ4n) is 1.77. The Morgan fingerprint density at radius 3 is 2.33 bits per heavy atom. The van der Waals surface area contributed by atoms with Gasteiger partial charge in [0.05, 0.1) is 13.3 Å². The molecule has 0 spiro atoms. The van der Waals surface area contributed by atoms with E-state index in [1.165, 1.54) is 6.20 Å². The first-order valence-electron chi connectivity index (χ1n) is 6.41. The van der Waals surface area contributed by atoms with Crippen molar-refractivity contribution in [3.05, 3.63) is 24.0 Å². The van der Waals surface area contributed by atoms with E-state index in [-0.39, 0.29) is 17.2 Å². The fourth-order valence-corrected chi connectivity index (χ4v) is 1.77. The second kappa shape index (κ2) is 5.43. The number of nitrogens with zero attached hydrogens (tertiary/aromatic N) is 3. The highest BCUT2D eigenvalue weighted by atomic mass is 16.5. The van der Waals surface area contributed by atoms with Crippen LogP contribution in [-0.4, -0.2) is 22.1 Å². The van der Waals surface area contributed by atoms with E-state index in [2.05, 4.69) is 35.7 Å². The normalized spacial score (nSPS) is 11.2. The van der Waals surface area contributed by atoms with Gasteiger partial charge in [-0.2, -0.15) is 4.98 Å². The summed E-state index contributed by atoms with van der Waals surface area (Å²) in [6, 6.07) is 1.70. The van der Waals surface area contributed by atoms with Crippen LogP contribution in [0.5, 0.6) is 17.4 Å². The van der Waals surface area contributed by atoms with Gasteiger partial charge in [-0.05, 0) is 5.41 Å². The molecule has 0 aliphatic carbocycles. The molecule has 0 aromatic carbocycles. The third-order valence-electron chi connectivity index (χ3n) is 2.88. The van der Waals surface area contributed by atoms with Crippen LogP contribution in [0.25, 0.3) is 0 Å². The lowest BCUT2D eigenvalue weighted by Crippen LogP contribution is -2.13. The van der Waals surface area contributed by atoms with Crippen LogP contribution in [0.4, 0.5) is 11.8 Å². The van der Waals surface area contributed by atoms with Crippen LogP contribution >= 0.6 is 0 Å². The van der Waals surface area contributed by atoms with Crippen molar-refractivity contribution in [3.8, 4) is 17.4 Å². The van der Waals surface area contributed by atoms with E-state index in [1.807, 2.05) is 0 Å². The molecule has 0 unspecified atom stereocenters. The summed E-state index contributed by atoms with van der Waals surface area (Å²) in [5.41, 5.74) is 12.0. The molecule has 112 valence electrons. The smallest absolute Gasteiger partial charge is 0.222 e. The zero-order chi connectivity index (χ0) is 15.6. The van der Waals surface area contributed by atoms with Gasteiger partial charge in [-0.25, -0.2) is 9.97 Å². The molecule has 0 aliphatic heterocycles. The molecule has 0 saturated carbocycles. The third kappa shape index (κ3) is 3.31. The fraction of sp³-hybridized carbons (Fsp3) is 0.357. The summed E-state index contributed by atoms with van der Waals surface area (Å²) in [5.74, 6) is 1.66. The molecule has 2 aromatic rings. The number of ether oxygens (including phenoxy) is 2. The topological polar surface area (TPSA) is 109 Å². The maximum atomic E-state index is 5.84. The highest BCUT2D eigenvalue weighted by Crippen LogP contribution is 2.36. The summed E-state index contributed by atoms with van der Waals surface area (Å²) in [6.07, 6.45) is 3.17. The first-order chi connectivity index (χ1) is 9.81. The molecule has 0 amide bonds. The standard InChI is InChI=1S/C14H19N5O2/c1-14(2,3)8-6-17-11(20-4)5-9(8)21-10-7-18-13(16)19-12(10)15/h5-7H,1-4H3,(H4,15,16,18,19). The van der Waals surface area contributed by atoms with Crippen molar-refractivity contribution < 1.29 is 9.47 Å². The number of anilines is 2. The van der Waals surface area contributed by atoms with Gasteiger partial charge in [0.1, 0.15) is 5.75 Å². The lowest BCUT2D eigenvalue weighted by Gasteiger charge is -2.22. The maximum absolute atomic E-state index is 5.84. The van der Waals surface area contributed by atoms with Crippen molar-refractivity contribution in [1.29, 1.82) is 0 Å². The first-order valence-corrected chi connectivity index (χ1v) is 6.41. The number of hydrogen-bond donors (Lipinski definition) is 2. The van der Waals surface area contributed by atoms with E-state index in [4.69, 9.17) is 20.9 Å². The molecule has 2 heterocycles. The van der Waals surface area contributed by atoms with Gasteiger partial charge < -0.3 is 20.9 Å². The first kappa shape index (κ1) is 14.8. The Morgan fingerprint density at radius 2 is 1.76 bits per heavy atom. The van der Waals surface area contributed by atoms with Crippen LogP contribution in [-0.2, 0) is 5.41 Å². The largest absolute Gasteiger partial charge is 0.481 e. The van der Waals surface area contributed by atoms with E-state index >= 15 is 0 Å². The minimum Gasteiger partial charge on any atom is -0.481 e. The van der Waals surface area contributed by atoms with Gasteiger partial charge in [-0.1, -0.05) is 20.8 Å². The molecule has 7 nitrogen and oxygen atoms in total. The molecular formula is C14H19N5O2. The summed E-state index contributed by atoms with van der Waals surface area (Å²) < 4.78 is 11.0. The number of nitrogen functional groups attached to an aromatic ring is 2. The molecule has 0 aliphatic rings. The van der Waals surface area contributed by atoms with Crippen LogP contribution in [0.2, 0.25) is 0 Å². The predicted molar refractivity (Wildman–Crippen MR) is 80.4 cm³/mol. The molecule has 0 fully saturated rings. The van der Waals surface area contributed by atoms with Crippen molar-refractivity contribution >= 4 is 11.8 Å². The van der Waals surface area contributed by atoms with E-state index in [9.17, 15) is 0 Å². The molecule has 4 N–H and O–H groups in total. The van der Waals surface area contributed by atoms with Gasteiger partial charge in [0, 0.05) is 17.8 Å². The van der Waals surface area contributed by atoms with Gasteiger partial charge in [-0.15, -0.1) is 0 Å². The van der Waals surface area contributed by atoms with Gasteiger partial charge >= 0.3 is 0 Å². The van der Waals surface area contributed by atoms with Crippen molar-refractivity contribution in [1.82, 2.24) is 15.0 Å². The molecular weight excluding hydrogens is 270 g/mol. The van der Waals surface area contributed by atoms with Crippen molar-refractivity contribution in [2.75, 3.05) is 18.6 Å². The van der Waals surface area contributed by atoms with E-state index in [1.54, 1.807) is 19.4 Å². The van der Waals surface area contributed by atoms with E-state index < -0.39 is 0 Å². The van der Waals surface area contributed by atoms with Crippen LogP contribution in [0.1, 0.15) is 26.3 Å². The predicted octanol–water partition coefficient (Wildman–Crippen LogP) is 2.13. The quantitative estimate of drug-likeness (QED) is 0.890. The minimum atomic E-state index is -0.155. The van der Waals surface area contributed by atoms with Crippen LogP contribution in [0.3, 0.4) is 0 Å². The van der Waals surface area contributed by atoms with Gasteiger partial charge in [0.15, 0.2) is 11.6 Å². The Hall–Kier alpha value is -2.57. The number of rotatable bonds is 3. The van der Waals surface area contributed by atoms with Crippen LogP contribution in [0.15, 0.2) is 18.5 Å². The van der Waals surface area contributed by atoms with Crippen LogP contribution in [0, 0.1) is 0 Å². The SMILES string of the molecule is COc1cc(Oc2cnc(N)nc2N)c(C(C)(C)C)cn1. The Balaban J connectivity index is 2.46. The monoisotopic (exact) mass is 289 g/mol. The van der Waals surface area contributed by atoms with Gasteiger partial charge in [0.2, 0.25) is 11.8 Å². The number of methoxy groups -OCH3 is 1. The second-order valence-corrected chi connectivity index (χ2v) is 5.55. The highest BCUT2D eigenvalue weighted by molar-refractivity contribution is 5.51. The zero-order valence-corrected chi connectivity index (χ0v) is 12.5. The molecule has 2 aromatic heterocycles. The Kier molecular flexibility index (Phi) is 3.84.